The zero-order chi connectivity index (χ0) is 15.5. The van der Waals surface area contributed by atoms with Crippen molar-refractivity contribution in [3.63, 3.8) is 0 Å². The molecule has 0 aliphatic heterocycles. The average molecular weight is 389 g/mol. The number of aliphatic carboxylic acids is 1. The minimum atomic E-state index is -0.897. The van der Waals surface area contributed by atoms with Crippen molar-refractivity contribution in [1.82, 2.24) is 4.90 Å². The van der Waals surface area contributed by atoms with E-state index in [0.717, 1.165) is 9.13 Å². The molecule has 4 nitrogen and oxygen atoms in total. The fourth-order valence-corrected chi connectivity index (χ4v) is 2.50. The summed E-state index contributed by atoms with van der Waals surface area (Å²) in [6.07, 6.45) is -0.0502. The van der Waals surface area contributed by atoms with Crippen molar-refractivity contribution in [2.24, 2.45) is 0 Å². The van der Waals surface area contributed by atoms with Gasteiger partial charge in [-0.25, -0.2) is 0 Å². The summed E-state index contributed by atoms with van der Waals surface area (Å²) in [5.74, 6) is -1.02. The van der Waals surface area contributed by atoms with E-state index < -0.39 is 11.5 Å². The summed E-state index contributed by atoms with van der Waals surface area (Å²) in [5.41, 5.74) is 1.26. The Hall–Kier alpha value is -1.11. The van der Waals surface area contributed by atoms with E-state index in [2.05, 4.69) is 22.6 Å². The lowest BCUT2D eigenvalue weighted by Crippen LogP contribution is -2.46. The van der Waals surface area contributed by atoms with Crippen LogP contribution in [0, 0.1) is 10.5 Å². The Morgan fingerprint density at radius 2 is 1.90 bits per heavy atom. The maximum Gasteiger partial charge on any atom is 0.305 e. The number of carboxylic acid groups (broad SMARTS) is 1. The first kappa shape index (κ1) is 16.9. The van der Waals surface area contributed by atoms with Gasteiger partial charge in [-0.05, 0) is 61.9 Å². The summed E-state index contributed by atoms with van der Waals surface area (Å²) in [4.78, 5) is 25.1. The molecule has 0 bridgehead atoms. The third kappa shape index (κ3) is 4.19. The minimum Gasteiger partial charge on any atom is -0.481 e. The quantitative estimate of drug-likeness (QED) is 0.804. The van der Waals surface area contributed by atoms with E-state index in [-0.39, 0.29) is 18.9 Å². The first-order valence-electron chi connectivity index (χ1n) is 6.43. The summed E-state index contributed by atoms with van der Waals surface area (Å²) in [6.45, 7) is 7.90. The van der Waals surface area contributed by atoms with Crippen molar-refractivity contribution in [1.29, 1.82) is 0 Å². The number of nitrogens with zero attached hydrogens (tertiary/aromatic N) is 1. The van der Waals surface area contributed by atoms with Gasteiger partial charge in [-0.2, -0.15) is 0 Å². The zero-order valence-corrected chi connectivity index (χ0v) is 14.4. The molecule has 110 valence electrons. The van der Waals surface area contributed by atoms with Crippen LogP contribution >= 0.6 is 22.6 Å². The summed E-state index contributed by atoms with van der Waals surface area (Å²) in [5, 5.41) is 8.84. The number of halogens is 1. The molecule has 0 aliphatic carbocycles. The van der Waals surface area contributed by atoms with Crippen molar-refractivity contribution >= 4 is 34.5 Å². The Labute approximate surface area is 133 Å². The van der Waals surface area contributed by atoms with Crippen molar-refractivity contribution in [3.05, 3.63) is 32.9 Å². The Bertz CT molecular complexity index is 520. The van der Waals surface area contributed by atoms with Crippen molar-refractivity contribution < 1.29 is 14.7 Å². The zero-order valence-electron chi connectivity index (χ0n) is 12.2. The van der Waals surface area contributed by atoms with Gasteiger partial charge in [0, 0.05) is 15.7 Å². The van der Waals surface area contributed by atoms with E-state index in [0.29, 0.717) is 5.56 Å². The van der Waals surface area contributed by atoms with Crippen LogP contribution in [0.25, 0.3) is 0 Å². The smallest absolute Gasteiger partial charge is 0.305 e. The molecule has 5 heteroatoms. The molecule has 20 heavy (non-hydrogen) atoms. The van der Waals surface area contributed by atoms with Crippen molar-refractivity contribution in [2.75, 3.05) is 6.54 Å². The Morgan fingerprint density at radius 1 is 1.30 bits per heavy atom. The molecule has 1 aromatic rings. The van der Waals surface area contributed by atoms with E-state index >= 15 is 0 Å². The third-order valence-corrected chi connectivity index (χ3v) is 4.46. The fourth-order valence-electron chi connectivity index (χ4n) is 1.91. The van der Waals surface area contributed by atoms with Gasteiger partial charge in [-0.3, -0.25) is 9.59 Å². The number of carbonyl (C=O) groups is 2. The van der Waals surface area contributed by atoms with Gasteiger partial charge in [0.15, 0.2) is 0 Å². The standard InChI is InChI=1S/C15H20INO3/c1-10-6-5-7-11(13(10)16)14(20)17(15(2,3)4)9-8-12(18)19/h5-7H,8-9H2,1-4H3,(H,18,19). The number of rotatable bonds is 4. The second-order valence-electron chi connectivity index (χ2n) is 5.71. The Morgan fingerprint density at radius 3 is 2.40 bits per heavy atom. The maximum absolute atomic E-state index is 12.7. The molecule has 0 fully saturated rings. The van der Waals surface area contributed by atoms with Gasteiger partial charge < -0.3 is 10.0 Å². The normalized spacial score (nSPS) is 11.2. The number of carboxylic acids is 1. The van der Waals surface area contributed by atoms with Gasteiger partial charge >= 0.3 is 5.97 Å². The molecule has 0 spiro atoms. The molecule has 0 saturated heterocycles. The summed E-state index contributed by atoms with van der Waals surface area (Å²) in [6, 6.07) is 5.59. The van der Waals surface area contributed by atoms with Gasteiger partial charge in [-0.1, -0.05) is 12.1 Å². The number of hydrogen-bond acceptors (Lipinski definition) is 2. The Kier molecular flexibility index (Phi) is 5.56. The molecule has 0 saturated carbocycles. The molecule has 0 radical (unpaired) electrons. The topological polar surface area (TPSA) is 57.6 Å². The highest BCUT2D eigenvalue weighted by molar-refractivity contribution is 14.1. The number of aryl methyl sites for hydroxylation is 1. The highest BCUT2D eigenvalue weighted by Gasteiger charge is 2.28. The molecule has 0 heterocycles. The SMILES string of the molecule is Cc1cccc(C(=O)N(CCC(=O)O)C(C)(C)C)c1I. The summed E-state index contributed by atoms with van der Waals surface area (Å²) < 4.78 is 0.916. The van der Waals surface area contributed by atoms with Gasteiger partial charge in [0.1, 0.15) is 0 Å². The van der Waals surface area contributed by atoms with Crippen molar-refractivity contribution in [2.45, 2.75) is 39.7 Å². The third-order valence-electron chi connectivity index (χ3n) is 3.03. The molecule has 0 aliphatic rings. The van der Waals surface area contributed by atoms with Crippen LogP contribution < -0.4 is 0 Å². The monoisotopic (exact) mass is 389 g/mol. The predicted octanol–water partition coefficient (Wildman–Crippen LogP) is 3.32. The number of carbonyl (C=O) groups excluding carboxylic acids is 1. The molecular formula is C15H20INO3. The molecule has 1 aromatic carbocycles. The lowest BCUT2D eigenvalue weighted by molar-refractivity contribution is -0.137. The van der Waals surface area contributed by atoms with Crippen LogP contribution in [0.2, 0.25) is 0 Å². The van der Waals surface area contributed by atoms with Crippen LogP contribution in [0.1, 0.15) is 43.1 Å². The first-order chi connectivity index (χ1) is 9.14. The van der Waals surface area contributed by atoms with Crippen LogP contribution in [-0.4, -0.2) is 34.0 Å². The van der Waals surface area contributed by atoms with Gasteiger partial charge in [0.2, 0.25) is 0 Å². The van der Waals surface area contributed by atoms with E-state index in [4.69, 9.17) is 5.11 Å². The van der Waals surface area contributed by atoms with Crippen LogP contribution in [-0.2, 0) is 4.79 Å². The average Bonchev–Trinajstić information content (AvgIpc) is 2.30. The Balaban J connectivity index is 3.10. The predicted molar refractivity (Wildman–Crippen MR) is 86.9 cm³/mol. The molecule has 0 atom stereocenters. The van der Waals surface area contributed by atoms with Gasteiger partial charge in [0.05, 0.1) is 12.0 Å². The second-order valence-corrected chi connectivity index (χ2v) is 6.79. The number of benzene rings is 1. The van der Waals surface area contributed by atoms with Crippen LogP contribution in [0.5, 0.6) is 0 Å². The molecule has 1 rings (SSSR count). The van der Waals surface area contributed by atoms with Gasteiger partial charge in [0.25, 0.3) is 5.91 Å². The molecule has 1 amide bonds. The van der Waals surface area contributed by atoms with Crippen LogP contribution in [0.15, 0.2) is 18.2 Å². The first-order valence-corrected chi connectivity index (χ1v) is 7.51. The number of amides is 1. The lowest BCUT2D eigenvalue weighted by Gasteiger charge is -2.35. The highest BCUT2D eigenvalue weighted by atomic mass is 127. The van der Waals surface area contributed by atoms with E-state index in [9.17, 15) is 9.59 Å². The van der Waals surface area contributed by atoms with Gasteiger partial charge in [-0.15, -0.1) is 0 Å². The van der Waals surface area contributed by atoms with Crippen LogP contribution in [0.3, 0.4) is 0 Å². The van der Waals surface area contributed by atoms with E-state index in [1.807, 2.05) is 39.8 Å². The second kappa shape index (κ2) is 6.56. The summed E-state index contributed by atoms with van der Waals surface area (Å²) >= 11 is 2.16. The minimum absolute atomic E-state index is 0.0502. The van der Waals surface area contributed by atoms with E-state index in [1.54, 1.807) is 11.0 Å². The molecule has 0 unspecified atom stereocenters. The number of hydrogen-bond donors (Lipinski definition) is 1. The fraction of sp³-hybridized carbons (Fsp3) is 0.467. The van der Waals surface area contributed by atoms with E-state index in [1.165, 1.54) is 0 Å². The maximum atomic E-state index is 12.7. The van der Waals surface area contributed by atoms with Crippen molar-refractivity contribution in [3.8, 4) is 0 Å². The van der Waals surface area contributed by atoms with Crippen LogP contribution in [0.4, 0.5) is 0 Å². The lowest BCUT2D eigenvalue weighted by atomic mass is 10.0. The largest absolute Gasteiger partial charge is 0.481 e. The summed E-state index contributed by atoms with van der Waals surface area (Å²) in [7, 11) is 0. The highest BCUT2D eigenvalue weighted by Crippen LogP contribution is 2.23. The molecule has 1 N–H and O–H groups in total. The molecular weight excluding hydrogens is 369 g/mol. The molecule has 0 aromatic heterocycles.